The highest BCUT2D eigenvalue weighted by Crippen LogP contribution is 1.99. The van der Waals surface area contributed by atoms with Crippen molar-refractivity contribution in [1.82, 2.24) is 0 Å². The predicted molar refractivity (Wildman–Crippen MR) is 54.2 cm³/mol. The predicted octanol–water partition coefficient (Wildman–Crippen LogP) is 0.748. The first-order valence-electron chi connectivity index (χ1n) is 3.38. The van der Waals surface area contributed by atoms with Gasteiger partial charge in [-0.2, -0.15) is 18.9 Å². The minimum Gasteiger partial charge on any atom is -0.481 e. The summed E-state index contributed by atoms with van der Waals surface area (Å²) in [5, 5.41) is 8.62. The van der Waals surface area contributed by atoms with Crippen LogP contribution >= 0.6 is 0 Å². The van der Waals surface area contributed by atoms with Crippen molar-refractivity contribution in [2.45, 2.75) is 6.92 Å². The van der Waals surface area contributed by atoms with E-state index >= 15 is 0 Å². The summed E-state index contributed by atoms with van der Waals surface area (Å²) in [5.41, 5.74) is 0. The van der Waals surface area contributed by atoms with Gasteiger partial charge in [0, 0.05) is 5.75 Å². The van der Waals surface area contributed by atoms with Gasteiger partial charge in [-0.3, -0.25) is 4.79 Å². The van der Waals surface area contributed by atoms with Crippen molar-refractivity contribution in [2.24, 2.45) is 5.92 Å². The van der Waals surface area contributed by atoms with E-state index in [4.69, 9.17) is 5.11 Å². The normalized spacial score (nSPS) is 16.5. The lowest BCUT2D eigenvalue weighted by molar-refractivity contribution is -0.140. The third kappa shape index (κ3) is 4.58. The number of carboxylic acid groups (broad SMARTS) is 1. The zero-order valence-corrected chi connectivity index (χ0v) is 9.09. The Balaban J connectivity index is 4.06. The molecular formula is C7H16O2S2. The third-order valence-corrected chi connectivity index (χ3v) is 7.41. The molecule has 0 radical (unpaired) electrons. The molecule has 0 aromatic carbocycles. The molecule has 0 aromatic heterocycles. The van der Waals surface area contributed by atoms with Gasteiger partial charge in [0.1, 0.15) is 0 Å². The zero-order chi connectivity index (χ0) is 9.02. The average Bonchev–Trinajstić information content (AvgIpc) is 1.87. The van der Waals surface area contributed by atoms with Crippen molar-refractivity contribution < 1.29 is 9.90 Å². The number of carbonyl (C=O) groups is 1. The second-order valence-corrected chi connectivity index (χ2v) is 9.39. The molecule has 2 nitrogen and oxygen atoms in total. The first-order valence-corrected chi connectivity index (χ1v) is 7.74. The number of rotatable bonds is 3. The number of hydrogen-bond acceptors (Lipinski definition) is 1. The van der Waals surface area contributed by atoms with Gasteiger partial charge in [0.05, 0.1) is 5.92 Å². The highest BCUT2D eigenvalue weighted by Gasteiger charge is 2.10. The Morgan fingerprint density at radius 1 is 1.45 bits per heavy atom. The van der Waals surface area contributed by atoms with Gasteiger partial charge in [0.15, 0.2) is 0 Å². The van der Waals surface area contributed by atoms with Crippen LogP contribution in [0.15, 0.2) is 0 Å². The van der Waals surface area contributed by atoms with Gasteiger partial charge in [0.25, 0.3) is 0 Å². The van der Waals surface area contributed by atoms with E-state index in [-0.39, 0.29) is 15.4 Å². The van der Waals surface area contributed by atoms with E-state index in [1.165, 1.54) is 0 Å². The summed E-state index contributed by atoms with van der Waals surface area (Å²) in [7, 11) is 0.642. The van der Waals surface area contributed by atoms with E-state index in [1.54, 1.807) is 6.92 Å². The first kappa shape index (κ1) is 11.2. The van der Waals surface area contributed by atoms with Crippen molar-refractivity contribution >= 4 is 24.9 Å². The van der Waals surface area contributed by atoms with Crippen molar-refractivity contribution in [2.75, 3.05) is 24.5 Å². The Kier molecular flexibility index (Phi) is 5.01. The Morgan fingerprint density at radius 3 is 2.18 bits per heavy atom. The summed E-state index contributed by atoms with van der Waals surface area (Å²) in [4.78, 5) is 10.5. The second kappa shape index (κ2) is 4.93. The van der Waals surface area contributed by atoms with Crippen LogP contribution in [0.4, 0.5) is 0 Å². The van der Waals surface area contributed by atoms with Crippen molar-refractivity contribution in [3.05, 3.63) is 0 Å². The minimum absolute atomic E-state index is 0.182. The Labute approximate surface area is 72.5 Å². The molecule has 0 amide bonds. The van der Waals surface area contributed by atoms with Crippen molar-refractivity contribution in [3.8, 4) is 0 Å². The summed E-state index contributed by atoms with van der Waals surface area (Å²) in [5.74, 6) is -0.0288. The van der Waals surface area contributed by atoms with Gasteiger partial charge < -0.3 is 5.11 Å². The van der Waals surface area contributed by atoms with E-state index in [9.17, 15) is 4.79 Å². The molecule has 0 aliphatic heterocycles. The standard InChI is InChI=1S/C7H16O2S2/c1-6(7(8)9)5-11(4)10(2)3/h6H,5H2,1-4H3,(H,8,9). The highest BCUT2D eigenvalue weighted by molar-refractivity contribution is 8.43. The highest BCUT2D eigenvalue weighted by atomic mass is 32.9. The Bertz CT molecular complexity index is 183. The maximum absolute atomic E-state index is 10.5. The van der Waals surface area contributed by atoms with Crippen LogP contribution in [-0.4, -0.2) is 35.6 Å². The van der Waals surface area contributed by atoms with Crippen LogP contribution in [0.25, 0.3) is 0 Å². The maximum Gasteiger partial charge on any atom is 0.307 e. The molecule has 0 saturated carbocycles. The van der Waals surface area contributed by atoms with Crippen molar-refractivity contribution in [3.63, 3.8) is 0 Å². The summed E-state index contributed by atoms with van der Waals surface area (Å²) >= 11 is 0. The molecule has 11 heavy (non-hydrogen) atoms. The van der Waals surface area contributed by atoms with Crippen LogP contribution in [0, 0.1) is 5.92 Å². The summed E-state index contributed by atoms with van der Waals surface area (Å²) in [6, 6.07) is 0. The minimum atomic E-state index is -0.671. The smallest absolute Gasteiger partial charge is 0.307 e. The van der Waals surface area contributed by atoms with E-state index in [1.807, 2.05) is 0 Å². The third-order valence-electron chi connectivity index (χ3n) is 1.48. The molecule has 4 heteroatoms. The van der Waals surface area contributed by atoms with Gasteiger partial charge in [-0.25, -0.2) is 0 Å². The van der Waals surface area contributed by atoms with Crippen LogP contribution < -0.4 is 0 Å². The number of hydrogen-bond donors (Lipinski definition) is 1. The summed E-state index contributed by atoms with van der Waals surface area (Å²) in [6.07, 6.45) is 6.47. The SMILES string of the molecule is CC(CS(C)=S(C)C)C(=O)O. The largest absolute Gasteiger partial charge is 0.481 e. The fourth-order valence-corrected chi connectivity index (χ4v) is 3.11. The molecule has 2 unspecified atom stereocenters. The average molecular weight is 196 g/mol. The van der Waals surface area contributed by atoms with Gasteiger partial charge in [-0.15, -0.1) is 0 Å². The van der Waals surface area contributed by atoms with Gasteiger partial charge in [0.2, 0.25) is 0 Å². The van der Waals surface area contributed by atoms with E-state index < -0.39 is 5.97 Å². The molecule has 0 saturated heterocycles. The molecule has 68 valence electrons. The fourth-order valence-electron chi connectivity index (χ4n) is 0.559. The number of carboxylic acids is 1. The quantitative estimate of drug-likeness (QED) is 0.723. The first-order chi connectivity index (χ1) is 4.95. The molecule has 0 aromatic rings. The number of aliphatic carboxylic acids is 1. The van der Waals surface area contributed by atoms with Crippen LogP contribution in [-0.2, 0) is 23.7 Å². The lowest BCUT2D eigenvalue weighted by Gasteiger charge is -2.09. The van der Waals surface area contributed by atoms with Crippen LogP contribution in [0.5, 0.6) is 0 Å². The Morgan fingerprint density at radius 2 is 1.91 bits per heavy atom. The van der Waals surface area contributed by atoms with E-state index in [0.29, 0.717) is 9.45 Å². The lowest BCUT2D eigenvalue weighted by atomic mass is 10.2. The van der Waals surface area contributed by atoms with Gasteiger partial charge in [-0.05, 0) is 18.8 Å². The molecule has 0 spiro atoms. The van der Waals surface area contributed by atoms with Gasteiger partial charge >= 0.3 is 5.97 Å². The lowest BCUT2D eigenvalue weighted by Crippen LogP contribution is -2.18. The molecular weight excluding hydrogens is 180 g/mol. The molecule has 0 aliphatic rings. The fraction of sp³-hybridized carbons (Fsp3) is 0.857. The van der Waals surface area contributed by atoms with Crippen LogP contribution in [0.2, 0.25) is 0 Å². The zero-order valence-electron chi connectivity index (χ0n) is 7.46. The molecule has 1 N–H and O–H groups in total. The maximum atomic E-state index is 10.5. The van der Waals surface area contributed by atoms with Crippen LogP contribution in [0.1, 0.15) is 6.92 Å². The second-order valence-electron chi connectivity index (χ2n) is 2.72. The van der Waals surface area contributed by atoms with E-state index in [2.05, 4.69) is 18.8 Å². The summed E-state index contributed by atoms with van der Waals surface area (Å²) < 4.78 is 0. The van der Waals surface area contributed by atoms with Crippen LogP contribution in [0.3, 0.4) is 0 Å². The topological polar surface area (TPSA) is 37.3 Å². The van der Waals surface area contributed by atoms with Gasteiger partial charge in [-0.1, -0.05) is 6.92 Å². The monoisotopic (exact) mass is 196 g/mol. The van der Waals surface area contributed by atoms with E-state index in [0.717, 1.165) is 5.75 Å². The molecule has 0 bridgehead atoms. The Hall–Kier alpha value is 0.170. The summed E-state index contributed by atoms with van der Waals surface area (Å²) in [6.45, 7) is 1.78. The molecule has 0 fully saturated rings. The molecule has 0 heterocycles. The van der Waals surface area contributed by atoms with Crippen molar-refractivity contribution in [1.29, 1.82) is 0 Å². The molecule has 2 atom stereocenters. The molecule has 0 rings (SSSR count). The molecule has 0 aliphatic carbocycles.